The Kier molecular flexibility index (Phi) is 3.86. The van der Waals surface area contributed by atoms with Gasteiger partial charge in [0.05, 0.1) is 5.39 Å². The molecule has 22 heavy (non-hydrogen) atoms. The number of aryl methyl sites for hydroxylation is 1. The quantitative estimate of drug-likeness (QED) is 0.594. The first-order valence-corrected chi connectivity index (χ1v) is 7.38. The number of benzene rings is 2. The number of phenolic OH excluding ortho intramolecular Hbond substituents is 1. The van der Waals surface area contributed by atoms with Crippen molar-refractivity contribution in [2.75, 3.05) is 20.6 Å². The third-order valence-corrected chi connectivity index (χ3v) is 3.83. The highest BCUT2D eigenvalue weighted by atomic mass is 16.4. The molecule has 1 aromatic heterocycles. The van der Waals surface area contributed by atoms with Crippen LogP contribution in [0, 0.1) is 0 Å². The molecule has 0 unspecified atom stereocenters. The fourth-order valence-corrected chi connectivity index (χ4v) is 2.72. The van der Waals surface area contributed by atoms with Gasteiger partial charge in [-0.05, 0) is 62.6 Å². The highest BCUT2D eigenvalue weighted by Gasteiger charge is 2.09. The number of rotatable bonds is 4. The Morgan fingerprint density at radius 2 is 1.82 bits per heavy atom. The Morgan fingerprint density at radius 3 is 2.59 bits per heavy atom. The van der Waals surface area contributed by atoms with Crippen LogP contribution in [0.2, 0.25) is 0 Å². The van der Waals surface area contributed by atoms with Crippen LogP contribution in [0.3, 0.4) is 0 Å². The van der Waals surface area contributed by atoms with Crippen molar-refractivity contribution in [1.29, 1.82) is 0 Å². The topological polar surface area (TPSA) is 53.7 Å². The molecule has 3 rings (SSSR count). The molecule has 0 aliphatic heterocycles. The summed E-state index contributed by atoms with van der Waals surface area (Å²) in [5, 5.41) is 11.8. The van der Waals surface area contributed by atoms with Crippen LogP contribution in [-0.4, -0.2) is 30.6 Å². The lowest BCUT2D eigenvalue weighted by atomic mass is 10.0. The molecule has 0 radical (unpaired) electrons. The third kappa shape index (κ3) is 2.83. The third-order valence-electron chi connectivity index (χ3n) is 3.83. The number of hydrogen-bond acceptors (Lipinski definition) is 4. The highest BCUT2D eigenvalue weighted by Crippen LogP contribution is 2.26. The average Bonchev–Trinajstić information content (AvgIpc) is 2.47. The van der Waals surface area contributed by atoms with Crippen LogP contribution < -0.4 is 5.63 Å². The van der Waals surface area contributed by atoms with Gasteiger partial charge in [-0.2, -0.15) is 0 Å². The molecule has 0 aliphatic carbocycles. The zero-order valence-electron chi connectivity index (χ0n) is 12.8. The molecule has 0 bridgehead atoms. The highest BCUT2D eigenvalue weighted by molar-refractivity contribution is 6.04. The first-order chi connectivity index (χ1) is 10.5. The molecule has 1 N–H and O–H groups in total. The second kappa shape index (κ2) is 5.81. The van der Waals surface area contributed by atoms with Gasteiger partial charge in [-0.25, -0.2) is 4.79 Å². The maximum atomic E-state index is 12.2. The van der Waals surface area contributed by atoms with E-state index in [-0.39, 0.29) is 11.4 Å². The summed E-state index contributed by atoms with van der Waals surface area (Å²) in [6.45, 7) is 1.02. The molecule has 0 amide bonds. The minimum Gasteiger partial charge on any atom is -0.508 e. The van der Waals surface area contributed by atoms with E-state index in [9.17, 15) is 9.90 Å². The van der Waals surface area contributed by atoms with Gasteiger partial charge >= 0.3 is 5.63 Å². The number of phenols is 1. The largest absolute Gasteiger partial charge is 0.508 e. The summed E-state index contributed by atoms with van der Waals surface area (Å²) in [7, 11) is 4.10. The molecular formula is C18H19NO3. The van der Waals surface area contributed by atoms with E-state index < -0.39 is 0 Å². The summed E-state index contributed by atoms with van der Waals surface area (Å²) in [5.74, 6) is 0.0929. The van der Waals surface area contributed by atoms with Crippen LogP contribution in [0.5, 0.6) is 5.75 Å². The minimum atomic E-state index is -0.359. The van der Waals surface area contributed by atoms with Gasteiger partial charge in [0.15, 0.2) is 0 Å². The monoisotopic (exact) mass is 297 g/mol. The lowest BCUT2D eigenvalue weighted by Crippen LogP contribution is -2.13. The lowest BCUT2D eigenvalue weighted by Gasteiger charge is -2.09. The Bertz CT molecular complexity index is 881. The standard InChI is InChI=1S/C18H19NO3/c1-19(2)9-3-4-12-5-7-14-15-8-6-13(20)11-17(15)22-18(21)16(14)10-12/h5-8,10-11,20H,3-4,9H2,1-2H3. The van der Waals surface area contributed by atoms with Gasteiger partial charge in [-0.3, -0.25) is 0 Å². The van der Waals surface area contributed by atoms with E-state index in [0.29, 0.717) is 11.0 Å². The molecule has 0 aliphatic rings. The lowest BCUT2D eigenvalue weighted by molar-refractivity contribution is 0.400. The van der Waals surface area contributed by atoms with E-state index in [0.717, 1.165) is 35.7 Å². The van der Waals surface area contributed by atoms with Crippen molar-refractivity contribution in [2.45, 2.75) is 12.8 Å². The zero-order chi connectivity index (χ0) is 15.7. The van der Waals surface area contributed by atoms with Crippen molar-refractivity contribution in [3.05, 3.63) is 52.4 Å². The number of fused-ring (bicyclic) bond motifs is 3. The summed E-state index contributed by atoms with van der Waals surface area (Å²) < 4.78 is 5.33. The van der Waals surface area contributed by atoms with Crippen LogP contribution in [-0.2, 0) is 6.42 Å². The first kappa shape index (κ1) is 14.6. The van der Waals surface area contributed by atoms with Crippen molar-refractivity contribution in [3.8, 4) is 5.75 Å². The first-order valence-electron chi connectivity index (χ1n) is 7.38. The van der Waals surface area contributed by atoms with Crippen molar-refractivity contribution < 1.29 is 9.52 Å². The maximum Gasteiger partial charge on any atom is 0.344 e. The molecule has 2 aromatic carbocycles. The molecule has 3 aromatic rings. The molecule has 114 valence electrons. The molecule has 0 fully saturated rings. The van der Waals surface area contributed by atoms with Gasteiger partial charge in [0, 0.05) is 11.5 Å². The maximum absolute atomic E-state index is 12.2. The van der Waals surface area contributed by atoms with Crippen molar-refractivity contribution in [3.63, 3.8) is 0 Å². The number of aromatic hydroxyl groups is 1. The van der Waals surface area contributed by atoms with Crippen molar-refractivity contribution in [1.82, 2.24) is 4.90 Å². The molecule has 1 heterocycles. The van der Waals surface area contributed by atoms with E-state index in [2.05, 4.69) is 25.1 Å². The summed E-state index contributed by atoms with van der Waals surface area (Å²) in [6, 6.07) is 10.8. The van der Waals surface area contributed by atoms with Gasteiger partial charge in [0.2, 0.25) is 0 Å². The Hall–Kier alpha value is -2.33. The van der Waals surface area contributed by atoms with E-state index in [4.69, 9.17) is 4.42 Å². The zero-order valence-corrected chi connectivity index (χ0v) is 12.8. The molecule has 0 saturated carbocycles. The smallest absolute Gasteiger partial charge is 0.344 e. The van der Waals surface area contributed by atoms with Crippen LogP contribution in [0.1, 0.15) is 12.0 Å². The van der Waals surface area contributed by atoms with Crippen LogP contribution in [0.4, 0.5) is 0 Å². The summed E-state index contributed by atoms with van der Waals surface area (Å²) >= 11 is 0. The fourth-order valence-electron chi connectivity index (χ4n) is 2.72. The van der Waals surface area contributed by atoms with E-state index in [1.807, 2.05) is 12.1 Å². The molecule has 0 spiro atoms. The molecular weight excluding hydrogens is 278 g/mol. The normalized spacial score (nSPS) is 11.6. The summed E-state index contributed by atoms with van der Waals surface area (Å²) in [5.41, 5.74) is 1.19. The van der Waals surface area contributed by atoms with Crippen molar-refractivity contribution in [2.24, 2.45) is 0 Å². The van der Waals surface area contributed by atoms with Gasteiger partial charge < -0.3 is 14.4 Å². The minimum absolute atomic E-state index is 0.0929. The number of hydrogen-bond donors (Lipinski definition) is 1. The Balaban J connectivity index is 2.05. The summed E-state index contributed by atoms with van der Waals surface area (Å²) in [6.07, 6.45) is 1.98. The molecule has 4 nitrogen and oxygen atoms in total. The van der Waals surface area contributed by atoms with E-state index in [1.54, 1.807) is 12.1 Å². The predicted octanol–water partition coefficient (Wildman–Crippen LogP) is 3.15. The van der Waals surface area contributed by atoms with E-state index >= 15 is 0 Å². The number of nitrogens with zero attached hydrogens (tertiary/aromatic N) is 1. The van der Waals surface area contributed by atoms with Crippen LogP contribution in [0.15, 0.2) is 45.6 Å². The second-order valence-corrected chi connectivity index (χ2v) is 5.86. The van der Waals surface area contributed by atoms with Crippen molar-refractivity contribution >= 4 is 21.7 Å². The summed E-state index contributed by atoms with van der Waals surface area (Å²) in [4.78, 5) is 14.3. The van der Waals surface area contributed by atoms with E-state index in [1.165, 1.54) is 6.07 Å². The van der Waals surface area contributed by atoms with Gasteiger partial charge in [-0.15, -0.1) is 0 Å². The molecule has 4 heteroatoms. The average molecular weight is 297 g/mol. The van der Waals surface area contributed by atoms with Crippen LogP contribution >= 0.6 is 0 Å². The molecule has 0 atom stereocenters. The fraction of sp³-hybridized carbons (Fsp3) is 0.278. The predicted molar refractivity (Wildman–Crippen MR) is 88.5 cm³/mol. The van der Waals surface area contributed by atoms with Crippen LogP contribution in [0.25, 0.3) is 21.7 Å². The Labute approximate surface area is 128 Å². The second-order valence-electron chi connectivity index (χ2n) is 5.86. The van der Waals surface area contributed by atoms with Gasteiger partial charge in [-0.1, -0.05) is 12.1 Å². The molecule has 0 saturated heterocycles. The van der Waals surface area contributed by atoms with Gasteiger partial charge in [0.1, 0.15) is 11.3 Å². The van der Waals surface area contributed by atoms with Gasteiger partial charge in [0.25, 0.3) is 0 Å². The SMILES string of the molecule is CN(C)CCCc1ccc2c(c1)c(=O)oc1cc(O)ccc12. The Morgan fingerprint density at radius 1 is 1.05 bits per heavy atom.